The first kappa shape index (κ1) is 19.7. The van der Waals surface area contributed by atoms with Gasteiger partial charge in [-0.15, -0.1) is 5.10 Å². The van der Waals surface area contributed by atoms with Gasteiger partial charge in [-0.25, -0.2) is 0 Å². The number of hydrogen-bond donors (Lipinski definition) is 1. The molecule has 0 spiro atoms. The summed E-state index contributed by atoms with van der Waals surface area (Å²) in [5, 5.41) is 16.9. The van der Waals surface area contributed by atoms with Crippen molar-refractivity contribution < 1.29 is 4.74 Å². The van der Waals surface area contributed by atoms with Crippen molar-refractivity contribution in [2.75, 3.05) is 12.3 Å². The number of ether oxygens (including phenoxy) is 1. The highest BCUT2D eigenvalue weighted by Gasteiger charge is 2.09. The minimum absolute atomic E-state index is 0.123. The summed E-state index contributed by atoms with van der Waals surface area (Å²) in [6.07, 6.45) is 0.123. The van der Waals surface area contributed by atoms with Crippen molar-refractivity contribution in [1.29, 1.82) is 0 Å². The average Bonchev–Trinajstić information content (AvgIpc) is 3.12. The Morgan fingerprint density at radius 1 is 1.19 bits per heavy atom. The van der Waals surface area contributed by atoms with Gasteiger partial charge in [-0.3, -0.25) is 0 Å². The van der Waals surface area contributed by atoms with Crippen molar-refractivity contribution >= 4 is 23.4 Å². The predicted octanol–water partition coefficient (Wildman–Crippen LogP) is 3.98. The molecule has 0 bridgehead atoms. The first-order chi connectivity index (χ1) is 13.1. The molecule has 142 valence electrons. The lowest BCUT2D eigenvalue weighted by Gasteiger charge is -2.15. The first-order valence-electron chi connectivity index (χ1n) is 8.76. The summed E-state index contributed by atoms with van der Waals surface area (Å²) in [7, 11) is 0. The third-order valence-electron chi connectivity index (χ3n) is 3.65. The third-order valence-corrected chi connectivity index (χ3v) is 4.81. The molecule has 1 N–H and O–H groups in total. The van der Waals surface area contributed by atoms with E-state index in [9.17, 15) is 0 Å². The molecule has 27 heavy (non-hydrogen) atoms. The lowest BCUT2D eigenvalue weighted by Crippen LogP contribution is -2.18. The predicted molar refractivity (Wildman–Crippen MR) is 109 cm³/mol. The Morgan fingerprint density at radius 3 is 2.78 bits per heavy atom. The maximum Gasteiger partial charge on any atom is 0.214 e. The van der Waals surface area contributed by atoms with E-state index in [-0.39, 0.29) is 6.10 Å². The van der Waals surface area contributed by atoms with Gasteiger partial charge in [-0.2, -0.15) is 4.68 Å². The average molecular weight is 404 g/mol. The molecular weight excluding hydrogens is 382 g/mol. The van der Waals surface area contributed by atoms with E-state index in [1.807, 2.05) is 62.4 Å². The second kappa shape index (κ2) is 9.73. The molecular formula is C19H22ClN5OS. The number of halogens is 1. The number of hydrogen-bond acceptors (Lipinski definition) is 6. The van der Waals surface area contributed by atoms with E-state index in [1.165, 1.54) is 0 Å². The van der Waals surface area contributed by atoms with Crippen molar-refractivity contribution in [2.24, 2.45) is 0 Å². The molecule has 0 atom stereocenters. The summed E-state index contributed by atoms with van der Waals surface area (Å²) in [5.41, 5.74) is 2.00. The zero-order valence-electron chi connectivity index (χ0n) is 15.3. The number of tetrazole rings is 1. The summed E-state index contributed by atoms with van der Waals surface area (Å²) in [6.45, 7) is 5.52. The number of nitrogens with zero attached hydrogens (tertiary/aromatic N) is 4. The number of aromatic nitrogens is 4. The molecule has 3 rings (SSSR count). The maximum absolute atomic E-state index is 6.12. The zero-order valence-corrected chi connectivity index (χ0v) is 16.9. The summed E-state index contributed by atoms with van der Waals surface area (Å²) in [5.74, 6) is 1.70. The normalized spacial score (nSPS) is 11.1. The van der Waals surface area contributed by atoms with Crippen LogP contribution in [0.1, 0.15) is 19.4 Å². The number of para-hydroxylation sites is 1. The van der Waals surface area contributed by atoms with Gasteiger partial charge in [0, 0.05) is 29.4 Å². The molecule has 0 aliphatic carbocycles. The highest BCUT2D eigenvalue weighted by Crippen LogP contribution is 2.24. The highest BCUT2D eigenvalue weighted by molar-refractivity contribution is 7.99. The molecule has 0 saturated heterocycles. The number of thioether (sulfide) groups is 1. The van der Waals surface area contributed by atoms with Gasteiger partial charge in [-0.1, -0.05) is 41.6 Å². The summed E-state index contributed by atoms with van der Waals surface area (Å²) >= 11 is 7.73. The Bertz CT molecular complexity index is 856. The van der Waals surface area contributed by atoms with E-state index in [1.54, 1.807) is 16.4 Å². The van der Waals surface area contributed by atoms with Crippen LogP contribution in [0.5, 0.6) is 5.75 Å². The molecule has 3 aromatic rings. The van der Waals surface area contributed by atoms with Crippen LogP contribution in [0.2, 0.25) is 5.02 Å². The van der Waals surface area contributed by atoms with E-state index >= 15 is 0 Å². The minimum atomic E-state index is 0.123. The van der Waals surface area contributed by atoms with E-state index in [4.69, 9.17) is 16.3 Å². The van der Waals surface area contributed by atoms with Crippen LogP contribution < -0.4 is 10.1 Å². The van der Waals surface area contributed by atoms with E-state index in [2.05, 4.69) is 20.8 Å². The first-order valence-corrected chi connectivity index (χ1v) is 10.1. The Morgan fingerprint density at radius 2 is 2.00 bits per heavy atom. The molecule has 1 heterocycles. The van der Waals surface area contributed by atoms with Crippen molar-refractivity contribution in [2.45, 2.75) is 31.7 Å². The van der Waals surface area contributed by atoms with E-state index in [0.717, 1.165) is 34.5 Å². The number of benzene rings is 2. The second-order valence-electron chi connectivity index (χ2n) is 6.15. The van der Waals surface area contributed by atoms with Crippen LogP contribution in [0.15, 0.2) is 53.7 Å². The van der Waals surface area contributed by atoms with Gasteiger partial charge >= 0.3 is 0 Å². The van der Waals surface area contributed by atoms with Crippen molar-refractivity contribution in [3.8, 4) is 11.4 Å². The molecule has 0 amide bonds. The fraction of sp³-hybridized carbons (Fsp3) is 0.316. The molecule has 0 aliphatic heterocycles. The van der Waals surface area contributed by atoms with E-state index < -0.39 is 0 Å². The topological polar surface area (TPSA) is 64.9 Å². The Kier molecular flexibility index (Phi) is 7.09. The fourth-order valence-corrected chi connectivity index (χ4v) is 3.47. The van der Waals surface area contributed by atoms with Crippen LogP contribution in [0, 0.1) is 0 Å². The smallest absolute Gasteiger partial charge is 0.214 e. The summed E-state index contributed by atoms with van der Waals surface area (Å²) in [4.78, 5) is 0. The van der Waals surface area contributed by atoms with Gasteiger partial charge in [0.15, 0.2) is 0 Å². The molecule has 0 saturated carbocycles. The SMILES string of the molecule is CC(C)Oc1ccc(Cl)cc1CNCCSc1nnnn1-c1ccccc1. The Balaban J connectivity index is 1.51. The lowest BCUT2D eigenvalue weighted by atomic mass is 10.2. The van der Waals surface area contributed by atoms with Gasteiger partial charge in [0.2, 0.25) is 5.16 Å². The molecule has 0 fully saturated rings. The Labute approximate surface area is 168 Å². The zero-order chi connectivity index (χ0) is 19.1. The molecule has 0 aliphatic rings. The highest BCUT2D eigenvalue weighted by atomic mass is 35.5. The lowest BCUT2D eigenvalue weighted by molar-refractivity contribution is 0.239. The molecule has 1 aromatic heterocycles. The number of nitrogens with one attached hydrogen (secondary N) is 1. The van der Waals surface area contributed by atoms with E-state index in [0.29, 0.717) is 11.6 Å². The molecule has 8 heteroatoms. The van der Waals surface area contributed by atoms with Crippen molar-refractivity contribution in [3.63, 3.8) is 0 Å². The quantitative estimate of drug-likeness (QED) is 0.430. The summed E-state index contributed by atoms with van der Waals surface area (Å²) in [6, 6.07) is 15.6. The number of rotatable bonds is 9. The molecule has 2 aromatic carbocycles. The standard InChI is InChI=1S/C19H22ClN5OS/c1-14(2)26-18-9-8-16(20)12-15(18)13-21-10-11-27-19-22-23-24-25(19)17-6-4-3-5-7-17/h3-9,12,14,21H,10-11,13H2,1-2H3. The van der Waals surface area contributed by atoms with Crippen LogP contribution in [0.25, 0.3) is 5.69 Å². The van der Waals surface area contributed by atoms with Gasteiger partial charge in [0.25, 0.3) is 0 Å². The van der Waals surface area contributed by atoms with Crippen LogP contribution in [-0.2, 0) is 6.54 Å². The largest absolute Gasteiger partial charge is 0.491 e. The Hall–Kier alpha value is -2.09. The second-order valence-corrected chi connectivity index (χ2v) is 7.65. The van der Waals surface area contributed by atoms with Crippen LogP contribution in [-0.4, -0.2) is 38.6 Å². The van der Waals surface area contributed by atoms with Crippen molar-refractivity contribution in [1.82, 2.24) is 25.5 Å². The molecule has 0 radical (unpaired) electrons. The third kappa shape index (κ3) is 5.69. The fourth-order valence-electron chi connectivity index (χ4n) is 2.49. The minimum Gasteiger partial charge on any atom is -0.491 e. The van der Waals surface area contributed by atoms with Gasteiger partial charge in [0.1, 0.15) is 5.75 Å². The molecule has 6 nitrogen and oxygen atoms in total. The monoisotopic (exact) mass is 403 g/mol. The van der Waals surface area contributed by atoms with Crippen LogP contribution in [0.4, 0.5) is 0 Å². The molecule has 0 unspecified atom stereocenters. The van der Waals surface area contributed by atoms with Crippen LogP contribution in [0.3, 0.4) is 0 Å². The van der Waals surface area contributed by atoms with Gasteiger partial charge in [0.05, 0.1) is 11.8 Å². The van der Waals surface area contributed by atoms with Gasteiger partial charge in [-0.05, 0) is 54.6 Å². The summed E-state index contributed by atoms with van der Waals surface area (Å²) < 4.78 is 7.59. The maximum atomic E-state index is 6.12. The van der Waals surface area contributed by atoms with Gasteiger partial charge < -0.3 is 10.1 Å². The van der Waals surface area contributed by atoms with Crippen molar-refractivity contribution in [3.05, 3.63) is 59.1 Å². The van der Waals surface area contributed by atoms with Crippen LogP contribution >= 0.6 is 23.4 Å².